The SMILES string of the molecule is C[C@H]([NH2+][C@H](c1ccccc1)c1ccco1)C(=O)NC1(C#N)CCCCC1. The lowest BCUT2D eigenvalue weighted by atomic mass is 9.82. The average Bonchev–Trinajstić information content (AvgIpc) is 3.21. The van der Waals surface area contributed by atoms with E-state index in [9.17, 15) is 10.1 Å². The Kier molecular flexibility index (Phi) is 5.75. The number of nitrogens with one attached hydrogen (secondary N) is 1. The first kappa shape index (κ1) is 18.2. The predicted octanol–water partition coefficient (Wildman–Crippen LogP) is 2.66. The van der Waals surface area contributed by atoms with Crippen LogP contribution in [0.15, 0.2) is 53.1 Å². The zero-order chi connectivity index (χ0) is 18.4. The van der Waals surface area contributed by atoms with Crippen LogP contribution >= 0.6 is 0 Å². The van der Waals surface area contributed by atoms with Gasteiger partial charge in [0.2, 0.25) is 0 Å². The number of nitrogens with two attached hydrogens (primary N) is 1. The predicted molar refractivity (Wildman–Crippen MR) is 98.0 cm³/mol. The number of benzene rings is 1. The fourth-order valence-electron chi connectivity index (χ4n) is 3.64. The van der Waals surface area contributed by atoms with E-state index in [1.54, 1.807) is 6.26 Å². The number of hydrogen-bond acceptors (Lipinski definition) is 3. The molecule has 1 amide bonds. The van der Waals surface area contributed by atoms with E-state index in [4.69, 9.17) is 4.42 Å². The second-order valence-electron chi connectivity index (χ2n) is 7.13. The zero-order valence-electron chi connectivity index (χ0n) is 15.2. The second-order valence-corrected chi connectivity index (χ2v) is 7.13. The second kappa shape index (κ2) is 8.20. The summed E-state index contributed by atoms with van der Waals surface area (Å²) in [4.78, 5) is 12.8. The number of hydrogen-bond donors (Lipinski definition) is 2. The first-order chi connectivity index (χ1) is 12.6. The zero-order valence-corrected chi connectivity index (χ0v) is 15.2. The maximum Gasteiger partial charge on any atom is 0.279 e. The van der Waals surface area contributed by atoms with E-state index in [1.165, 1.54) is 0 Å². The molecule has 5 heteroatoms. The molecule has 0 aliphatic heterocycles. The highest BCUT2D eigenvalue weighted by atomic mass is 16.3. The summed E-state index contributed by atoms with van der Waals surface area (Å²) in [5.74, 6) is 0.712. The summed E-state index contributed by atoms with van der Waals surface area (Å²) in [6, 6.07) is 15.7. The minimum atomic E-state index is -0.704. The normalized spacial score (nSPS) is 18.5. The van der Waals surface area contributed by atoms with Crippen LogP contribution in [0.25, 0.3) is 0 Å². The number of amides is 1. The lowest BCUT2D eigenvalue weighted by Crippen LogP contribution is -2.93. The standard InChI is InChI=1S/C21H25N3O2/c1-16(20(25)24-21(15-22)12-6-3-7-13-21)23-19(18-11-8-14-26-18)17-9-4-2-5-10-17/h2,4-5,8-11,14,16,19,23H,3,6-7,12-13H2,1H3,(H,24,25)/p+1/t16-,19+/m0/s1. The van der Waals surface area contributed by atoms with Gasteiger partial charge in [-0.05, 0) is 31.9 Å². The molecule has 26 heavy (non-hydrogen) atoms. The van der Waals surface area contributed by atoms with Crippen molar-refractivity contribution in [2.45, 2.75) is 56.7 Å². The first-order valence-corrected chi connectivity index (χ1v) is 9.30. The third kappa shape index (κ3) is 4.14. The van der Waals surface area contributed by atoms with Gasteiger partial charge < -0.3 is 15.1 Å². The molecule has 1 heterocycles. The highest BCUT2D eigenvalue weighted by molar-refractivity contribution is 5.81. The summed E-state index contributed by atoms with van der Waals surface area (Å²) in [7, 11) is 0. The highest BCUT2D eigenvalue weighted by Crippen LogP contribution is 2.27. The molecule has 1 fully saturated rings. The number of nitrogens with zero attached hydrogens (tertiary/aromatic N) is 1. The first-order valence-electron chi connectivity index (χ1n) is 9.30. The van der Waals surface area contributed by atoms with E-state index < -0.39 is 5.54 Å². The van der Waals surface area contributed by atoms with Gasteiger partial charge in [-0.25, -0.2) is 0 Å². The molecule has 1 aliphatic carbocycles. The lowest BCUT2D eigenvalue weighted by molar-refractivity contribution is -0.706. The molecule has 3 N–H and O–H groups in total. The molecule has 5 nitrogen and oxygen atoms in total. The Bertz CT molecular complexity index is 743. The van der Waals surface area contributed by atoms with Crippen LogP contribution in [0.3, 0.4) is 0 Å². The topological polar surface area (TPSA) is 82.6 Å². The van der Waals surface area contributed by atoms with Gasteiger partial charge in [0.05, 0.1) is 12.3 Å². The smallest absolute Gasteiger partial charge is 0.279 e. The summed E-state index contributed by atoms with van der Waals surface area (Å²) in [6.07, 6.45) is 6.24. The Morgan fingerprint density at radius 3 is 2.54 bits per heavy atom. The molecule has 1 aliphatic rings. The van der Waals surface area contributed by atoms with Crippen molar-refractivity contribution >= 4 is 5.91 Å². The van der Waals surface area contributed by atoms with Crippen molar-refractivity contribution in [1.29, 1.82) is 5.26 Å². The van der Waals surface area contributed by atoms with Crippen molar-refractivity contribution in [3.05, 3.63) is 60.1 Å². The molecule has 2 atom stereocenters. The van der Waals surface area contributed by atoms with Crippen LogP contribution in [0.2, 0.25) is 0 Å². The van der Waals surface area contributed by atoms with Crippen LogP contribution in [0, 0.1) is 11.3 Å². The van der Waals surface area contributed by atoms with Crippen molar-refractivity contribution in [3.8, 4) is 6.07 Å². The number of nitriles is 1. The Hall–Kier alpha value is -2.58. The summed E-state index contributed by atoms with van der Waals surface area (Å²) in [5.41, 5.74) is 0.374. The quantitative estimate of drug-likeness (QED) is 0.838. The van der Waals surface area contributed by atoms with Gasteiger partial charge in [-0.2, -0.15) is 5.26 Å². The maximum absolute atomic E-state index is 12.8. The van der Waals surface area contributed by atoms with Crippen LogP contribution in [0.4, 0.5) is 0 Å². The van der Waals surface area contributed by atoms with Gasteiger partial charge >= 0.3 is 0 Å². The fourth-order valence-corrected chi connectivity index (χ4v) is 3.64. The third-order valence-corrected chi connectivity index (χ3v) is 5.19. The monoisotopic (exact) mass is 352 g/mol. The van der Waals surface area contributed by atoms with Gasteiger partial charge in [-0.15, -0.1) is 0 Å². The molecule has 136 valence electrons. The van der Waals surface area contributed by atoms with Crippen LogP contribution in [0.5, 0.6) is 0 Å². The largest absolute Gasteiger partial charge is 0.463 e. The van der Waals surface area contributed by atoms with Crippen molar-refractivity contribution in [3.63, 3.8) is 0 Å². The van der Waals surface area contributed by atoms with Crippen molar-refractivity contribution in [1.82, 2.24) is 5.32 Å². The van der Waals surface area contributed by atoms with E-state index in [2.05, 4.69) is 11.4 Å². The number of rotatable bonds is 6. The molecule has 0 radical (unpaired) electrons. The number of carbonyl (C=O) groups is 1. The minimum absolute atomic E-state index is 0.0964. The molecule has 1 saturated carbocycles. The Morgan fingerprint density at radius 1 is 1.19 bits per heavy atom. The average molecular weight is 352 g/mol. The van der Waals surface area contributed by atoms with Gasteiger partial charge in [-0.1, -0.05) is 49.6 Å². The van der Waals surface area contributed by atoms with Crippen molar-refractivity contribution < 1.29 is 14.5 Å². The molecule has 0 bridgehead atoms. The Morgan fingerprint density at radius 2 is 1.92 bits per heavy atom. The number of carbonyl (C=O) groups excluding carboxylic acids is 1. The van der Waals surface area contributed by atoms with Gasteiger partial charge in [-0.3, -0.25) is 4.79 Å². The van der Waals surface area contributed by atoms with Crippen molar-refractivity contribution in [2.75, 3.05) is 0 Å². The molecule has 0 spiro atoms. The maximum atomic E-state index is 12.8. The van der Waals surface area contributed by atoms with Crippen LogP contribution < -0.4 is 10.6 Å². The van der Waals surface area contributed by atoms with Gasteiger partial charge in [0.25, 0.3) is 5.91 Å². The number of furan rings is 1. The number of quaternary nitrogens is 1. The highest BCUT2D eigenvalue weighted by Gasteiger charge is 2.36. The molecular formula is C21H26N3O2+. The van der Waals surface area contributed by atoms with Crippen LogP contribution in [-0.2, 0) is 4.79 Å². The van der Waals surface area contributed by atoms with E-state index in [0.717, 1.165) is 43.4 Å². The molecule has 1 aromatic carbocycles. The molecule has 2 aromatic rings. The summed E-state index contributed by atoms with van der Waals surface area (Å²) in [5, 5.41) is 14.6. The van der Waals surface area contributed by atoms with E-state index in [0.29, 0.717) is 0 Å². The van der Waals surface area contributed by atoms with Gasteiger partial charge in [0, 0.05) is 5.56 Å². The molecule has 3 rings (SSSR count). The Labute approximate surface area is 154 Å². The summed E-state index contributed by atoms with van der Waals surface area (Å²) in [6.45, 7) is 1.88. The molecule has 1 aromatic heterocycles. The molecular weight excluding hydrogens is 326 g/mol. The minimum Gasteiger partial charge on any atom is -0.463 e. The van der Waals surface area contributed by atoms with E-state index in [1.807, 2.05) is 54.7 Å². The third-order valence-electron chi connectivity index (χ3n) is 5.19. The molecule has 0 saturated heterocycles. The molecule has 0 unspecified atom stereocenters. The van der Waals surface area contributed by atoms with Crippen LogP contribution in [0.1, 0.15) is 56.4 Å². The van der Waals surface area contributed by atoms with E-state index in [-0.39, 0.29) is 18.0 Å². The van der Waals surface area contributed by atoms with E-state index >= 15 is 0 Å². The summed E-state index contributed by atoms with van der Waals surface area (Å²) < 4.78 is 5.61. The van der Waals surface area contributed by atoms with Crippen LogP contribution in [-0.4, -0.2) is 17.5 Å². The van der Waals surface area contributed by atoms with Gasteiger partial charge in [0.15, 0.2) is 17.8 Å². The summed E-state index contributed by atoms with van der Waals surface area (Å²) >= 11 is 0. The fraction of sp³-hybridized carbons (Fsp3) is 0.429. The van der Waals surface area contributed by atoms with Gasteiger partial charge in [0.1, 0.15) is 5.54 Å². The Balaban J connectivity index is 1.72. The van der Waals surface area contributed by atoms with Crippen molar-refractivity contribution in [2.24, 2.45) is 0 Å². The lowest BCUT2D eigenvalue weighted by Gasteiger charge is -2.32.